The first-order valence-electron chi connectivity index (χ1n) is 7.38. The molecule has 0 bridgehead atoms. The zero-order valence-electron chi connectivity index (χ0n) is 12.9. The van der Waals surface area contributed by atoms with Gasteiger partial charge in [0.15, 0.2) is 0 Å². The van der Waals surface area contributed by atoms with Gasteiger partial charge in [-0.3, -0.25) is 9.69 Å². The molecule has 0 aromatic rings. The molecule has 1 heterocycles. The molecule has 1 rings (SSSR count). The summed E-state index contributed by atoms with van der Waals surface area (Å²) in [5, 5.41) is 2.94. The van der Waals surface area contributed by atoms with E-state index in [1.54, 1.807) is 7.11 Å². The number of amides is 1. The molecule has 0 spiro atoms. The van der Waals surface area contributed by atoms with Crippen LogP contribution in [0.15, 0.2) is 0 Å². The normalized spacial score (nSPS) is 19.9. The summed E-state index contributed by atoms with van der Waals surface area (Å²) in [5.41, 5.74) is 5.72. The summed E-state index contributed by atoms with van der Waals surface area (Å²) >= 11 is 0. The summed E-state index contributed by atoms with van der Waals surface area (Å²) in [7, 11) is 1.54. The molecule has 1 amide bonds. The Morgan fingerprint density at radius 3 is 2.60 bits per heavy atom. The van der Waals surface area contributed by atoms with Crippen LogP contribution in [-0.2, 0) is 14.3 Å². The molecule has 1 aliphatic rings. The standard InChI is InChI=1S/C14H29N3O3/c1-11(2)8-12(17-4-6-20-7-5-17)9-16-14(18)13(15)10-19-3/h11-13H,4-10,15H2,1-3H3,(H,16,18). The molecule has 2 atom stereocenters. The largest absolute Gasteiger partial charge is 0.383 e. The van der Waals surface area contributed by atoms with E-state index in [0.29, 0.717) is 18.5 Å². The van der Waals surface area contributed by atoms with E-state index in [0.717, 1.165) is 32.7 Å². The quantitative estimate of drug-likeness (QED) is 0.648. The van der Waals surface area contributed by atoms with Crippen molar-refractivity contribution in [3.63, 3.8) is 0 Å². The lowest BCUT2D eigenvalue weighted by Crippen LogP contribution is -2.52. The second kappa shape index (κ2) is 9.28. The number of ether oxygens (including phenoxy) is 2. The average molecular weight is 287 g/mol. The number of nitrogens with zero attached hydrogens (tertiary/aromatic N) is 1. The van der Waals surface area contributed by atoms with Gasteiger partial charge in [-0.15, -0.1) is 0 Å². The van der Waals surface area contributed by atoms with Crippen molar-refractivity contribution < 1.29 is 14.3 Å². The highest BCUT2D eigenvalue weighted by Gasteiger charge is 2.23. The number of methoxy groups -OCH3 is 1. The van der Waals surface area contributed by atoms with E-state index in [1.807, 2.05) is 0 Å². The maximum Gasteiger partial charge on any atom is 0.239 e. The third-order valence-electron chi connectivity index (χ3n) is 3.50. The van der Waals surface area contributed by atoms with Gasteiger partial charge in [0.1, 0.15) is 6.04 Å². The van der Waals surface area contributed by atoms with Gasteiger partial charge in [0, 0.05) is 32.8 Å². The fourth-order valence-corrected chi connectivity index (χ4v) is 2.45. The predicted molar refractivity (Wildman–Crippen MR) is 78.5 cm³/mol. The fraction of sp³-hybridized carbons (Fsp3) is 0.929. The SMILES string of the molecule is COCC(N)C(=O)NCC(CC(C)C)N1CCOCC1. The molecule has 1 fully saturated rings. The first-order chi connectivity index (χ1) is 9.54. The number of carbonyl (C=O) groups excluding carboxylic acids is 1. The van der Waals surface area contributed by atoms with Crippen LogP contribution in [0, 0.1) is 5.92 Å². The van der Waals surface area contributed by atoms with Crippen molar-refractivity contribution in [2.24, 2.45) is 11.7 Å². The molecule has 0 aromatic carbocycles. The van der Waals surface area contributed by atoms with E-state index >= 15 is 0 Å². The van der Waals surface area contributed by atoms with Crippen molar-refractivity contribution in [1.82, 2.24) is 10.2 Å². The molecular formula is C14H29N3O3. The Morgan fingerprint density at radius 2 is 2.05 bits per heavy atom. The summed E-state index contributed by atoms with van der Waals surface area (Å²) in [6.45, 7) is 8.68. The van der Waals surface area contributed by atoms with E-state index in [2.05, 4.69) is 24.1 Å². The average Bonchev–Trinajstić information content (AvgIpc) is 2.44. The van der Waals surface area contributed by atoms with Crippen LogP contribution < -0.4 is 11.1 Å². The number of nitrogens with two attached hydrogens (primary N) is 1. The monoisotopic (exact) mass is 287 g/mol. The highest BCUT2D eigenvalue weighted by atomic mass is 16.5. The Labute approximate surface area is 122 Å². The van der Waals surface area contributed by atoms with Crippen LogP contribution in [0.25, 0.3) is 0 Å². The molecule has 20 heavy (non-hydrogen) atoms. The van der Waals surface area contributed by atoms with Crippen LogP contribution in [-0.4, -0.2) is 69.5 Å². The Morgan fingerprint density at radius 1 is 1.40 bits per heavy atom. The molecular weight excluding hydrogens is 258 g/mol. The van der Waals surface area contributed by atoms with Crippen LogP contribution in [0.2, 0.25) is 0 Å². The summed E-state index contributed by atoms with van der Waals surface area (Å²) in [4.78, 5) is 14.2. The zero-order valence-corrected chi connectivity index (χ0v) is 12.9. The van der Waals surface area contributed by atoms with Crippen LogP contribution >= 0.6 is 0 Å². The second-order valence-corrected chi connectivity index (χ2v) is 5.74. The summed E-state index contributed by atoms with van der Waals surface area (Å²) in [6, 6.07) is -0.248. The summed E-state index contributed by atoms with van der Waals surface area (Å²) < 4.78 is 10.3. The lowest BCUT2D eigenvalue weighted by Gasteiger charge is -2.35. The Kier molecular flexibility index (Phi) is 8.06. The molecule has 6 heteroatoms. The second-order valence-electron chi connectivity index (χ2n) is 5.74. The molecule has 1 aliphatic heterocycles. The predicted octanol–water partition coefficient (Wildman–Crippen LogP) is -0.177. The topological polar surface area (TPSA) is 76.8 Å². The van der Waals surface area contributed by atoms with Gasteiger partial charge >= 0.3 is 0 Å². The Balaban J connectivity index is 2.45. The van der Waals surface area contributed by atoms with Gasteiger partial charge in [0.05, 0.1) is 19.8 Å². The van der Waals surface area contributed by atoms with Crippen LogP contribution in [0.4, 0.5) is 0 Å². The number of nitrogens with one attached hydrogen (secondary N) is 1. The highest BCUT2D eigenvalue weighted by molar-refractivity contribution is 5.81. The van der Waals surface area contributed by atoms with Crippen molar-refractivity contribution in [3.05, 3.63) is 0 Å². The maximum atomic E-state index is 11.8. The first-order valence-corrected chi connectivity index (χ1v) is 7.38. The molecule has 0 radical (unpaired) electrons. The van der Waals surface area contributed by atoms with Crippen LogP contribution in [0.5, 0.6) is 0 Å². The number of hydrogen-bond acceptors (Lipinski definition) is 5. The van der Waals surface area contributed by atoms with E-state index in [9.17, 15) is 4.79 Å². The van der Waals surface area contributed by atoms with E-state index in [1.165, 1.54) is 0 Å². The van der Waals surface area contributed by atoms with Gasteiger partial charge < -0.3 is 20.5 Å². The molecule has 0 aromatic heterocycles. The Hall–Kier alpha value is -0.690. The third-order valence-corrected chi connectivity index (χ3v) is 3.50. The van der Waals surface area contributed by atoms with Gasteiger partial charge in [0.25, 0.3) is 0 Å². The minimum Gasteiger partial charge on any atom is -0.383 e. The van der Waals surface area contributed by atoms with E-state index in [4.69, 9.17) is 15.2 Å². The van der Waals surface area contributed by atoms with Gasteiger partial charge in [0.2, 0.25) is 5.91 Å². The van der Waals surface area contributed by atoms with Crippen molar-refractivity contribution in [1.29, 1.82) is 0 Å². The smallest absolute Gasteiger partial charge is 0.239 e. The minimum atomic E-state index is -0.593. The lowest BCUT2D eigenvalue weighted by molar-refractivity contribution is -0.123. The van der Waals surface area contributed by atoms with Crippen molar-refractivity contribution in [2.75, 3.05) is 46.6 Å². The van der Waals surface area contributed by atoms with E-state index < -0.39 is 6.04 Å². The molecule has 0 saturated carbocycles. The van der Waals surface area contributed by atoms with Gasteiger partial charge in [-0.25, -0.2) is 0 Å². The van der Waals surface area contributed by atoms with E-state index in [-0.39, 0.29) is 12.5 Å². The zero-order chi connectivity index (χ0) is 15.0. The third kappa shape index (κ3) is 6.17. The Bertz CT molecular complexity index is 281. The van der Waals surface area contributed by atoms with Gasteiger partial charge in [-0.2, -0.15) is 0 Å². The molecule has 2 unspecified atom stereocenters. The van der Waals surface area contributed by atoms with Crippen molar-refractivity contribution >= 4 is 5.91 Å². The van der Waals surface area contributed by atoms with Crippen molar-refractivity contribution in [2.45, 2.75) is 32.4 Å². The van der Waals surface area contributed by atoms with Gasteiger partial charge in [-0.05, 0) is 12.3 Å². The summed E-state index contributed by atoms with van der Waals surface area (Å²) in [5.74, 6) is 0.446. The van der Waals surface area contributed by atoms with Crippen LogP contribution in [0.1, 0.15) is 20.3 Å². The summed E-state index contributed by atoms with van der Waals surface area (Å²) in [6.07, 6.45) is 1.06. The number of carbonyl (C=O) groups is 1. The molecule has 1 saturated heterocycles. The number of morpholine rings is 1. The number of hydrogen-bond donors (Lipinski definition) is 2. The van der Waals surface area contributed by atoms with Crippen molar-refractivity contribution in [3.8, 4) is 0 Å². The van der Waals surface area contributed by atoms with Gasteiger partial charge in [-0.1, -0.05) is 13.8 Å². The van der Waals surface area contributed by atoms with Crippen LogP contribution in [0.3, 0.4) is 0 Å². The molecule has 3 N–H and O–H groups in total. The first kappa shape index (κ1) is 17.4. The molecule has 6 nitrogen and oxygen atoms in total. The highest BCUT2D eigenvalue weighted by Crippen LogP contribution is 2.13. The molecule has 0 aliphatic carbocycles. The number of rotatable bonds is 8. The lowest BCUT2D eigenvalue weighted by atomic mass is 10.0. The fourth-order valence-electron chi connectivity index (χ4n) is 2.45. The molecule has 118 valence electrons. The minimum absolute atomic E-state index is 0.145. The maximum absolute atomic E-state index is 11.8.